The van der Waals surface area contributed by atoms with Crippen LogP contribution in [0.4, 0.5) is 0 Å². The number of hydrogen-bond donors (Lipinski definition) is 2. The van der Waals surface area contributed by atoms with Gasteiger partial charge in [0.1, 0.15) is 0 Å². The van der Waals surface area contributed by atoms with Crippen molar-refractivity contribution in [3.8, 4) is 0 Å². The first-order valence-corrected chi connectivity index (χ1v) is 6.83. The number of nitrogens with one attached hydrogen (secondary N) is 1. The lowest BCUT2D eigenvalue weighted by molar-refractivity contribution is -0.124. The van der Waals surface area contributed by atoms with E-state index in [4.69, 9.17) is 5.73 Å². The summed E-state index contributed by atoms with van der Waals surface area (Å²) in [4.78, 5) is 12.1. The van der Waals surface area contributed by atoms with Crippen LogP contribution in [0.3, 0.4) is 0 Å². The van der Waals surface area contributed by atoms with Gasteiger partial charge in [-0.05, 0) is 37.5 Å². The number of amides is 1. The highest BCUT2D eigenvalue weighted by molar-refractivity contribution is 5.82. The highest BCUT2D eigenvalue weighted by Crippen LogP contribution is 2.57. The molecule has 2 unspecified atom stereocenters. The SMILES string of the molecule is N[C@@H]1CCCC[C@H]1NC(=O)C1C2CCCC21. The Morgan fingerprint density at radius 2 is 1.69 bits per heavy atom. The van der Waals surface area contributed by atoms with E-state index in [2.05, 4.69) is 5.32 Å². The minimum absolute atomic E-state index is 0.191. The van der Waals surface area contributed by atoms with E-state index >= 15 is 0 Å². The summed E-state index contributed by atoms with van der Waals surface area (Å²) in [6, 6.07) is 0.443. The molecule has 90 valence electrons. The van der Waals surface area contributed by atoms with Crippen molar-refractivity contribution in [2.45, 2.75) is 57.0 Å². The van der Waals surface area contributed by atoms with Crippen molar-refractivity contribution in [1.29, 1.82) is 0 Å². The van der Waals surface area contributed by atoms with Crippen LogP contribution in [0.2, 0.25) is 0 Å². The van der Waals surface area contributed by atoms with Crippen molar-refractivity contribution in [2.75, 3.05) is 0 Å². The van der Waals surface area contributed by atoms with Crippen molar-refractivity contribution in [3.63, 3.8) is 0 Å². The first kappa shape index (κ1) is 10.6. The van der Waals surface area contributed by atoms with E-state index in [0.717, 1.165) is 24.7 Å². The first-order valence-electron chi connectivity index (χ1n) is 6.83. The number of fused-ring (bicyclic) bond motifs is 1. The van der Waals surface area contributed by atoms with E-state index in [1.54, 1.807) is 0 Å². The molecule has 3 rings (SSSR count). The minimum atomic E-state index is 0.191. The molecule has 3 aliphatic carbocycles. The van der Waals surface area contributed by atoms with Gasteiger partial charge in [0.2, 0.25) is 5.91 Å². The zero-order valence-corrected chi connectivity index (χ0v) is 9.82. The topological polar surface area (TPSA) is 55.1 Å². The third kappa shape index (κ3) is 1.75. The van der Waals surface area contributed by atoms with Crippen LogP contribution in [-0.2, 0) is 4.79 Å². The molecule has 3 saturated carbocycles. The standard InChI is InChI=1S/C13H22N2O/c14-10-6-1-2-7-11(10)15-13(16)12-8-4-3-5-9(8)12/h8-12H,1-7,14H2,(H,15,16)/t8?,9?,10-,11-,12?/m1/s1. The zero-order valence-electron chi connectivity index (χ0n) is 9.82. The highest BCUT2D eigenvalue weighted by atomic mass is 16.2. The molecular formula is C13H22N2O. The summed E-state index contributed by atoms with van der Waals surface area (Å²) < 4.78 is 0. The molecule has 0 bridgehead atoms. The van der Waals surface area contributed by atoms with Crippen LogP contribution in [0.25, 0.3) is 0 Å². The molecule has 3 N–H and O–H groups in total. The molecule has 0 heterocycles. The number of nitrogens with two attached hydrogens (primary N) is 1. The molecular weight excluding hydrogens is 200 g/mol. The average Bonchev–Trinajstić information content (AvgIpc) is 2.76. The second-order valence-electron chi connectivity index (χ2n) is 5.85. The Hall–Kier alpha value is -0.570. The summed E-state index contributed by atoms with van der Waals surface area (Å²) in [5.74, 6) is 2.10. The smallest absolute Gasteiger partial charge is 0.223 e. The second-order valence-corrected chi connectivity index (χ2v) is 5.85. The van der Waals surface area contributed by atoms with Gasteiger partial charge in [-0.1, -0.05) is 19.3 Å². The van der Waals surface area contributed by atoms with Gasteiger partial charge < -0.3 is 11.1 Å². The van der Waals surface area contributed by atoms with Gasteiger partial charge in [0.15, 0.2) is 0 Å². The summed E-state index contributed by atoms with van der Waals surface area (Å²) >= 11 is 0. The van der Waals surface area contributed by atoms with Crippen molar-refractivity contribution >= 4 is 5.91 Å². The molecule has 4 atom stereocenters. The zero-order chi connectivity index (χ0) is 11.1. The van der Waals surface area contributed by atoms with Crippen molar-refractivity contribution in [1.82, 2.24) is 5.32 Å². The van der Waals surface area contributed by atoms with Crippen LogP contribution >= 0.6 is 0 Å². The highest BCUT2D eigenvalue weighted by Gasteiger charge is 2.56. The molecule has 0 radical (unpaired) electrons. The van der Waals surface area contributed by atoms with Crippen LogP contribution in [0, 0.1) is 17.8 Å². The summed E-state index contributed by atoms with van der Waals surface area (Å²) in [5, 5.41) is 3.20. The van der Waals surface area contributed by atoms with E-state index in [9.17, 15) is 4.79 Å². The lowest BCUT2D eigenvalue weighted by atomic mass is 9.91. The maximum absolute atomic E-state index is 12.1. The van der Waals surface area contributed by atoms with Gasteiger partial charge >= 0.3 is 0 Å². The molecule has 0 spiro atoms. The van der Waals surface area contributed by atoms with Crippen molar-refractivity contribution in [3.05, 3.63) is 0 Å². The first-order chi connectivity index (χ1) is 7.77. The van der Waals surface area contributed by atoms with Gasteiger partial charge in [0, 0.05) is 18.0 Å². The largest absolute Gasteiger partial charge is 0.352 e. The van der Waals surface area contributed by atoms with Crippen LogP contribution < -0.4 is 11.1 Å². The number of carbonyl (C=O) groups excluding carboxylic acids is 1. The third-order valence-corrected chi connectivity index (χ3v) is 4.86. The van der Waals surface area contributed by atoms with E-state index in [-0.39, 0.29) is 12.1 Å². The van der Waals surface area contributed by atoms with Crippen molar-refractivity contribution < 1.29 is 4.79 Å². The van der Waals surface area contributed by atoms with Gasteiger partial charge in [0.05, 0.1) is 0 Å². The molecule has 0 aromatic carbocycles. The average molecular weight is 222 g/mol. The Morgan fingerprint density at radius 3 is 2.38 bits per heavy atom. The molecule has 3 fully saturated rings. The Balaban J connectivity index is 1.52. The molecule has 0 aliphatic heterocycles. The number of hydrogen-bond acceptors (Lipinski definition) is 2. The fourth-order valence-corrected chi connectivity index (χ4v) is 3.83. The Bertz CT molecular complexity index is 282. The van der Waals surface area contributed by atoms with Crippen LogP contribution in [0.5, 0.6) is 0 Å². The fraction of sp³-hybridized carbons (Fsp3) is 0.923. The van der Waals surface area contributed by atoms with Crippen LogP contribution in [0.15, 0.2) is 0 Å². The molecule has 3 heteroatoms. The summed E-state index contributed by atoms with van der Waals surface area (Å²) in [6.07, 6.45) is 8.48. The summed E-state index contributed by atoms with van der Waals surface area (Å²) in [7, 11) is 0. The monoisotopic (exact) mass is 222 g/mol. The minimum Gasteiger partial charge on any atom is -0.352 e. The molecule has 1 amide bonds. The van der Waals surface area contributed by atoms with Gasteiger partial charge in [0.25, 0.3) is 0 Å². The normalized spacial score (nSPS) is 46.2. The predicted octanol–water partition coefficient (Wildman–Crippen LogP) is 1.42. The summed E-state index contributed by atoms with van der Waals surface area (Å²) in [6.45, 7) is 0. The fourth-order valence-electron chi connectivity index (χ4n) is 3.83. The van der Waals surface area contributed by atoms with Crippen LogP contribution in [0.1, 0.15) is 44.9 Å². The van der Waals surface area contributed by atoms with E-state index < -0.39 is 0 Å². The van der Waals surface area contributed by atoms with Gasteiger partial charge in [-0.25, -0.2) is 0 Å². The molecule has 16 heavy (non-hydrogen) atoms. The van der Waals surface area contributed by atoms with Gasteiger partial charge in [-0.2, -0.15) is 0 Å². The second kappa shape index (κ2) is 4.02. The van der Waals surface area contributed by atoms with Crippen molar-refractivity contribution in [2.24, 2.45) is 23.5 Å². The molecule has 3 nitrogen and oxygen atoms in total. The molecule has 0 aromatic heterocycles. The summed E-state index contributed by atoms with van der Waals surface area (Å²) in [5.41, 5.74) is 6.05. The third-order valence-electron chi connectivity index (χ3n) is 4.86. The lowest BCUT2D eigenvalue weighted by Gasteiger charge is -2.29. The van der Waals surface area contributed by atoms with Gasteiger partial charge in [-0.15, -0.1) is 0 Å². The van der Waals surface area contributed by atoms with E-state index in [1.165, 1.54) is 32.1 Å². The molecule has 0 saturated heterocycles. The Morgan fingerprint density at radius 1 is 1.00 bits per heavy atom. The molecule has 3 aliphatic rings. The van der Waals surface area contributed by atoms with E-state index in [1.807, 2.05) is 0 Å². The van der Waals surface area contributed by atoms with Gasteiger partial charge in [-0.3, -0.25) is 4.79 Å². The number of rotatable bonds is 2. The maximum atomic E-state index is 12.1. The predicted molar refractivity (Wildman–Crippen MR) is 62.7 cm³/mol. The Kier molecular flexibility index (Phi) is 2.66. The Labute approximate surface area is 97.2 Å². The molecule has 0 aromatic rings. The lowest BCUT2D eigenvalue weighted by Crippen LogP contribution is -2.50. The quantitative estimate of drug-likeness (QED) is 0.742. The maximum Gasteiger partial charge on any atom is 0.223 e. The van der Waals surface area contributed by atoms with E-state index in [0.29, 0.717) is 11.8 Å². The van der Waals surface area contributed by atoms with Crippen LogP contribution in [-0.4, -0.2) is 18.0 Å². The number of carbonyl (C=O) groups is 1.